The van der Waals surface area contributed by atoms with Crippen LogP contribution in [-0.4, -0.2) is 12.3 Å². The van der Waals surface area contributed by atoms with Crippen molar-refractivity contribution in [2.45, 2.75) is 19.4 Å². The van der Waals surface area contributed by atoms with Gasteiger partial charge in [0.15, 0.2) is 0 Å². The van der Waals surface area contributed by atoms with E-state index in [2.05, 4.69) is 96.3 Å². The van der Waals surface area contributed by atoms with Gasteiger partial charge in [0.05, 0.1) is 28.7 Å². The highest BCUT2D eigenvalue weighted by atomic mass is 15.5. The Morgan fingerprint density at radius 2 is 1.48 bits per heavy atom. The van der Waals surface area contributed by atoms with Crippen LogP contribution in [0.2, 0.25) is 0 Å². The first-order chi connectivity index (χ1) is 13.2. The van der Waals surface area contributed by atoms with Gasteiger partial charge in [-0.25, -0.2) is 0 Å². The summed E-state index contributed by atoms with van der Waals surface area (Å²) in [5.41, 5.74) is 6.20. The number of nitrogens with zero attached hydrogens (tertiary/aromatic N) is 3. The number of para-hydroxylation sites is 3. The Balaban J connectivity index is 1.71. The fourth-order valence-electron chi connectivity index (χ4n) is 4.25. The Hall–Kier alpha value is -3.20. The van der Waals surface area contributed by atoms with Crippen molar-refractivity contribution in [1.29, 1.82) is 0 Å². The van der Waals surface area contributed by atoms with E-state index in [1.54, 1.807) is 0 Å². The number of anilines is 1. The molecule has 3 nitrogen and oxygen atoms in total. The normalized spacial score (nSPS) is 16.5. The van der Waals surface area contributed by atoms with Gasteiger partial charge < -0.3 is 0 Å². The average molecular weight is 352 g/mol. The second-order valence-corrected chi connectivity index (χ2v) is 7.28. The molecule has 0 N–H and O–H groups in total. The summed E-state index contributed by atoms with van der Waals surface area (Å²) in [7, 11) is 2.13. The zero-order valence-corrected chi connectivity index (χ0v) is 15.6. The number of fused-ring (bicyclic) bond motifs is 3. The number of pyridine rings is 1. The third-order valence-corrected chi connectivity index (χ3v) is 5.59. The molecule has 1 atom stereocenters. The first-order valence-corrected chi connectivity index (χ1v) is 9.44. The lowest BCUT2D eigenvalue weighted by atomic mass is 10.0. The first-order valence-electron chi connectivity index (χ1n) is 9.44. The summed E-state index contributed by atoms with van der Waals surface area (Å²) in [6, 6.07) is 26.0. The largest absolute Gasteiger partial charge is 0.262 e. The zero-order chi connectivity index (χ0) is 18.4. The highest BCUT2D eigenvalue weighted by Crippen LogP contribution is 2.32. The highest BCUT2D eigenvalue weighted by Gasteiger charge is 2.25. The molecule has 27 heavy (non-hydrogen) atoms. The van der Waals surface area contributed by atoms with Gasteiger partial charge in [-0.3, -0.25) is 5.01 Å². The molecule has 0 saturated heterocycles. The molecule has 0 radical (unpaired) electrons. The standard InChI is InChI=1S/C24H22N3/c1-17-15-18-9-3-6-12-22(18)27(17)25-16-21-19-10-4-7-13-23(19)26(2)24-14-8-5-11-20(21)24/h3-14,16-17H,15H2,1-2H3/q+1. The van der Waals surface area contributed by atoms with Crippen molar-refractivity contribution >= 4 is 33.7 Å². The summed E-state index contributed by atoms with van der Waals surface area (Å²) in [5.74, 6) is 0. The molecule has 0 aliphatic carbocycles. The minimum Gasteiger partial charge on any atom is -0.262 e. The van der Waals surface area contributed by atoms with Crippen LogP contribution >= 0.6 is 0 Å². The lowest BCUT2D eigenvalue weighted by molar-refractivity contribution is -0.617. The quantitative estimate of drug-likeness (QED) is 0.293. The Morgan fingerprint density at radius 3 is 2.19 bits per heavy atom. The van der Waals surface area contributed by atoms with E-state index in [1.165, 1.54) is 38.6 Å². The molecular weight excluding hydrogens is 330 g/mol. The Bertz CT molecular complexity index is 1140. The number of rotatable bonds is 2. The van der Waals surface area contributed by atoms with Gasteiger partial charge in [-0.2, -0.15) is 9.67 Å². The summed E-state index contributed by atoms with van der Waals surface area (Å²) in [5, 5.41) is 9.55. The minimum atomic E-state index is 0.371. The average Bonchev–Trinajstić information content (AvgIpc) is 3.03. The van der Waals surface area contributed by atoms with Crippen molar-refractivity contribution in [3.05, 3.63) is 83.9 Å². The van der Waals surface area contributed by atoms with Crippen LogP contribution in [0.3, 0.4) is 0 Å². The van der Waals surface area contributed by atoms with Crippen molar-refractivity contribution in [2.75, 3.05) is 5.01 Å². The number of hydrazone groups is 1. The van der Waals surface area contributed by atoms with E-state index in [0.29, 0.717) is 6.04 Å². The van der Waals surface area contributed by atoms with Gasteiger partial charge in [0.25, 0.3) is 0 Å². The Kier molecular flexibility index (Phi) is 3.68. The first kappa shape index (κ1) is 16.0. The molecule has 0 saturated carbocycles. The van der Waals surface area contributed by atoms with Crippen LogP contribution in [0.5, 0.6) is 0 Å². The number of benzene rings is 3. The Labute approximate surface area is 159 Å². The van der Waals surface area contributed by atoms with Gasteiger partial charge >= 0.3 is 0 Å². The minimum absolute atomic E-state index is 0.371. The number of hydrogen-bond acceptors (Lipinski definition) is 2. The molecule has 0 bridgehead atoms. The van der Waals surface area contributed by atoms with Gasteiger partial charge in [0, 0.05) is 17.7 Å². The van der Waals surface area contributed by atoms with Crippen molar-refractivity contribution < 1.29 is 4.57 Å². The highest BCUT2D eigenvalue weighted by molar-refractivity contribution is 6.09. The maximum absolute atomic E-state index is 4.94. The summed E-state index contributed by atoms with van der Waals surface area (Å²) in [6.45, 7) is 2.23. The maximum atomic E-state index is 4.94. The molecule has 1 unspecified atom stereocenters. The van der Waals surface area contributed by atoms with Crippen LogP contribution < -0.4 is 9.58 Å². The van der Waals surface area contributed by atoms with Crippen LogP contribution in [0, 0.1) is 0 Å². The number of hydrogen-bond donors (Lipinski definition) is 0. The summed E-state index contributed by atoms with van der Waals surface area (Å²) >= 11 is 0. The van der Waals surface area contributed by atoms with Crippen LogP contribution in [-0.2, 0) is 13.5 Å². The van der Waals surface area contributed by atoms with E-state index >= 15 is 0 Å². The van der Waals surface area contributed by atoms with E-state index < -0.39 is 0 Å². The lowest BCUT2D eigenvalue weighted by Crippen LogP contribution is -2.30. The maximum Gasteiger partial charge on any atom is 0.213 e. The van der Waals surface area contributed by atoms with Gasteiger partial charge in [0.1, 0.15) is 7.05 Å². The summed E-state index contributed by atoms with van der Waals surface area (Å²) < 4.78 is 2.26. The topological polar surface area (TPSA) is 19.5 Å². The van der Waals surface area contributed by atoms with E-state index in [4.69, 9.17) is 5.10 Å². The van der Waals surface area contributed by atoms with Crippen molar-refractivity contribution in [2.24, 2.45) is 12.1 Å². The fourth-order valence-corrected chi connectivity index (χ4v) is 4.25. The van der Waals surface area contributed by atoms with Gasteiger partial charge in [-0.05, 0) is 37.1 Å². The molecule has 1 aliphatic heterocycles. The van der Waals surface area contributed by atoms with E-state index in [-0.39, 0.29) is 0 Å². The molecule has 3 aromatic carbocycles. The summed E-state index contributed by atoms with van der Waals surface area (Å²) in [6.07, 6.45) is 3.09. The zero-order valence-electron chi connectivity index (χ0n) is 15.6. The van der Waals surface area contributed by atoms with Gasteiger partial charge in [-0.15, -0.1) is 0 Å². The molecule has 1 aliphatic rings. The lowest BCUT2D eigenvalue weighted by Gasteiger charge is -2.18. The molecule has 0 amide bonds. The molecule has 0 fully saturated rings. The molecule has 4 aromatic rings. The molecule has 1 aromatic heterocycles. The van der Waals surface area contributed by atoms with Gasteiger partial charge in [-0.1, -0.05) is 42.5 Å². The second kappa shape index (κ2) is 6.20. The number of aromatic nitrogens is 1. The van der Waals surface area contributed by atoms with E-state index in [9.17, 15) is 0 Å². The van der Waals surface area contributed by atoms with Crippen LogP contribution in [0.25, 0.3) is 21.8 Å². The van der Waals surface area contributed by atoms with Crippen molar-refractivity contribution in [1.82, 2.24) is 0 Å². The Morgan fingerprint density at radius 1 is 0.889 bits per heavy atom. The van der Waals surface area contributed by atoms with Crippen molar-refractivity contribution in [3.8, 4) is 0 Å². The monoisotopic (exact) mass is 352 g/mol. The van der Waals surface area contributed by atoms with Crippen LogP contribution in [0.1, 0.15) is 18.1 Å². The van der Waals surface area contributed by atoms with Crippen LogP contribution in [0.4, 0.5) is 5.69 Å². The molecule has 5 rings (SSSR count). The number of aryl methyl sites for hydroxylation is 1. The van der Waals surface area contributed by atoms with E-state index in [0.717, 1.165) is 6.42 Å². The second-order valence-electron chi connectivity index (χ2n) is 7.28. The van der Waals surface area contributed by atoms with Crippen LogP contribution in [0.15, 0.2) is 77.9 Å². The van der Waals surface area contributed by atoms with Crippen molar-refractivity contribution in [3.63, 3.8) is 0 Å². The molecule has 2 heterocycles. The third-order valence-electron chi connectivity index (χ3n) is 5.59. The van der Waals surface area contributed by atoms with E-state index in [1.807, 2.05) is 6.21 Å². The SMILES string of the molecule is CC1Cc2ccccc2N1N=Cc1c2ccccc2[n+](C)c2ccccc12. The summed E-state index contributed by atoms with van der Waals surface area (Å²) in [4.78, 5) is 0. The molecule has 132 valence electrons. The fraction of sp³-hybridized carbons (Fsp3) is 0.167. The predicted octanol–water partition coefficient (Wildman–Crippen LogP) is 4.60. The molecular formula is C24H22N3+. The smallest absolute Gasteiger partial charge is 0.213 e. The third kappa shape index (κ3) is 2.50. The van der Waals surface area contributed by atoms with Gasteiger partial charge in [0.2, 0.25) is 11.0 Å². The molecule has 3 heteroatoms. The predicted molar refractivity (Wildman–Crippen MR) is 112 cm³/mol. The molecule has 0 spiro atoms.